The Labute approximate surface area is 205 Å². The van der Waals surface area contributed by atoms with E-state index in [1.807, 2.05) is 24.3 Å². The van der Waals surface area contributed by atoms with Crippen molar-refractivity contribution in [2.24, 2.45) is 0 Å². The van der Waals surface area contributed by atoms with Crippen LogP contribution in [-0.2, 0) is 23.7 Å². The van der Waals surface area contributed by atoms with E-state index < -0.39 is 54.5 Å². The van der Waals surface area contributed by atoms with Gasteiger partial charge in [0.15, 0.2) is 12.4 Å². The van der Waals surface area contributed by atoms with Crippen molar-refractivity contribution in [2.45, 2.75) is 94.1 Å². The fraction of sp³-hybridized carbons (Fsp3) is 0.720. The molecule has 196 valence electrons. The van der Waals surface area contributed by atoms with Crippen LogP contribution in [0.5, 0.6) is 5.75 Å². The van der Waals surface area contributed by atoms with E-state index in [0.717, 1.165) is 5.56 Å². The van der Waals surface area contributed by atoms with Gasteiger partial charge in [-0.2, -0.15) is 0 Å². The Bertz CT molecular complexity index is 842. The van der Waals surface area contributed by atoms with Crippen LogP contribution in [0.3, 0.4) is 0 Å². The first-order chi connectivity index (χ1) is 16.7. The third kappa shape index (κ3) is 6.32. The van der Waals surface area contributed by atoms with Crippen molar-refractivity contribution in [3.63, 3.8) is 0 Å². The van der Waals surface area contributed by atoms with E-state index in [9.17, 15) is 20.1 Å². The number of rotatable bonds is 8. The molecule has 0 unspecified atom stereocenters. The molecule has 4 rings (SSSR count). The quantitative estimate of drug-likeness (QED) is 0.303. The molecule has 1 aromatic rings. The summed E-state index contributed by atoms with van der Waals surface area (Å²) < 4.78 is 29.0. The minimum Gasteiger partial charge on any atom is -0.497 e. The maximum absolute atomic E-state index is 12.5. The molecular weight excluding hydrogens is 458 g/mol. The molecule has 4 N–H and O–H groups in total. The van der Waals surface area contributed by atoms with Gasteiger partial charge in [-0.3, -0.25) is 4.79 Å². The number of nitrogens with one attached hydrogen (secondary N) is 1. The van der Waals surface area contributed by atoms with Gasteiger partial charge in [-0.15, -0.1) is 0 Å². The first-order valence-corrected chi connectivity index (χ1v) is 12.2. The summed E-state index contributed by atoms with van der Waals surface area (Å²) in [7, 11) is 1.60. The van der Waals surface area contributed by atoms with Crippen molar-refractivity contribution < 1.29 is 43.8 Å². The van der Waals surface area contributed by atoms with Gasteiger partial charge in [-0.1, -0.05) is 18.6 Å². The van der Waals surface area contributed by atoms with Gasteiger partial charge in [0, 0.05) is 13.0 Å². The second kappa shape index (κ2) is 11.1. The molecule has 3 heterocycles. The van der Waals surface area contributed by atoms with Crippen LogP contribution in [0, 0.1) is 0 Å². The monoisotopic (exact) mass is 495 g/mol. The molecule has 3 fully saturated rings. The number of fused-ring (bicyclic) bond motifs is 3. The summed E-state index contributed by atoms with van der Waals surface area (Å²) in [5.41, 5.74) is 0.0858. The Morgan fingerprint density at radius 1 is 1.17 bits per heavy atom. The van der Waals surface area contributed by atoms with Gasteiger partial charge < -0.3 is 44.3 Å². The lowest BCUT2D eigenvalue weighted by molar-refractivity contribution is -0.213. The number of hydrogen-bond acceptors (Lipinski definition) is 10. The highest BCUT2D eigenvalue weighted by Crippen LogP contribution is 2.36. The number of aliphatic hydroxyl groups excluding tert-OH is 2. The number of β-amino-alcohol motifs (C(OH)–C–C–N with tert-alkyl or cyclic N) is 1. The predicted octanol–water partition coefficient (Wildman–Crippen LogP) is 0.813. The van der Waals surface area contributed by atoms with Crippen LogP contribution in [0.15, 0.2) is 24.3 Å². The average molecular weight is 496 g/mol. The SMILES string of the molecule is COc1ccc([C@@H]2OC[C@H]3O[C@@H](O[C@H]4[C@@H]2NC[C@@H]4O)[C@H](OC(=O)CCCCC(C)(C)O)[C@@H]3O)cc1. The van der Waals surface area contributed by atoms with Crippen molar-refractivity contribution >= 4 is 5.97 Å². The lowest BCUT2D eigenvalue weighted by atomic mass is 9.97. The molecule has 0 amide bonds. The molecule has 10 heteroatoms. The van der Waals surface area contributed by atoms with E-state index in [2.05, 4.69) is 5.32 Å². The van der Waals surface area contributed by atoms with E-state index in [4.69, 9.17) is 23.7 Å². The van der Waals surface area contributed by atoms with Gasteiger partial charge in [-0.05, 0) is 44.4 Å². The predicted molar refractivity (Wildman–Crippen MR) is 124 cm³/mol. The number of methoxy groups -OCH3 is 1. The summed E-state index contributed by atoms with van der Waals surface area (Å²) in [6, 6.07) is 7.07. The zero-order chi connectivity index (χ0) is 25.2. The van der Waals surface area contributed by atoms with Gasteiger partial charge in [0.1, 0.15) is 30.2 Å². The highest BCUT2D eigenvalue weighted by Gasteiger charge is 2.53. The standard InChI is InChI=1S/C25H37NO9/c1-25(2,30)11-5-4-6-18(28)34-23-20(29)17-13-32-21(14-7-9-15(31-3)10-8-14)19-22(16(27)12-26-19)35-24(23)33-17/h7-10,16-17,19-24,26-27,29-30H,4-6,11-13H2,1-3H3/t16-,17+,19+,20+,21-,22+,23+,24-/m0/s1. The van der Waals surface area contributed by atoms with Gasteiger partial charge >= 0.3 is 5.97 Å². The van der Waals surface area contributed by atoms with Gasteiger partial charge in [0.05, 0.1) is 31.5 Å². The van der Waals surface area contributed by atoms with Crippen molar-refractivity contribution in [2.75, 3.05) is 20.3 Å². The lowest BCUT2D eigenvalue weighted by Crippen LogP contribution is -2.47. The van der Waals surface area contributed by atoms with Crippen LogP contribution in [0.25, 0.3) is 0 Å². The highest BCUT2D eigenvalue weighted by molar-refractivity contribution is 5.69. The highest BCUT2D eigenvalue weighted by atomic mass is 16.7. The lowest BCUT2D eigenvalue weighted by Gasteiger charge is -2.32. The zero-order valence-electron chi connectivity index (χ0n) is 20.5. The van der Waals surface area contributed by atoms with Gasteiger partial charge in [0.2, 0.25) is 0 Å². The second-order valence-electron chi connectivity index (χ2n) is 10.1. The minimum atomic E-state index is -1.14. The Morgan fingerprint density at radius 2 is 1.91 bits per heavy atom. The third-order valence-electron chi connectivity index (χ3n) is 6.78. The van der Waals surface area contributed by atoms with Crippen LogP contribution >= 0.6 is 0 Å². The average Bonchev–Trinajstić information content (AvgIpc) is 3.33. The molecule has 2 bridgehead atoms. The number of unbranched alkanes of at least 4 members (excludes halogenated alkanes) is 1. The van der Waals surface area contributed by atoms with Crippen molar-refractivity contribution in [3.8, 4) is 5.75 Å². The van der Waals surface area contributed by atoms with Crippen LogP contribution in [0.4, 0.5) is 0 Å². The Morgan fingerprint density at radius 3 is 2.60 bits per heavy atom. The maximum Gasteiger partial charge on any atom is 0.306 e. The van der Waals surface area contributed by atoms with E-state index in [1.165, 1.54) is 0 Å². The molecule has 0 radical (unpaired) electrons. The van der Waals surface area contributed by atoms with Crippen LogP contribution in [-0.4, -0.2) is 90.0 Å². The normalized spacial score (nSPS) is 35.0. The number of esters is 1. The van der Waals surface area contributed by atoms with Crippen LogP contribution < -0.4 is 10.1 Å². The van der Waals surface area contributed by atoms with Gasteiger partial charge in [0.25, 0.3) is 0 Å². The number of carbonyl (C=O) groups excluding carboxylic acids is 1. The number of aliphatic hydroxyl groups is 3. The molecule has 0 aliphatic carbocycles. The Balaban J connectivity index is 1.44. The minimum absolute atomic E-state index is 0.0539. The molecule has 10 nitrogen and oxygen atoms in total. The summed E-state index contributed by atoms with van der Waals surface area (Å²) in [6.07, 6.45) is -4.00. The zero-order valence-corrected chi connectivity index (χ0v) is 20.5. The van der Waals surface area contributed by atoms with E-state index in [0.29, 0.717) is 31.6 Å². The van der Waals surface area contributed by atoms with E-state index >= 15 is 0 Å². The van der Waals surface area contributed by atoms with Crippen molar-refractivity contribution in [3.05, 3.63) is 29.8 Å². The van der Waals surface area contributed by atoms with Crippen molar-refractivity contribution in [1.82, 2.24) is 5.32 Å². The molecule has 3 aliphatic heterocycles. The summed E-state index contributed by atoms with van der Waals surface area (Å²) in [4.78, 5) is 12.5. The molecule has 35 heavy (non-hydrogen) atoms. The Hall–Kier alpha value is -1.79. The molecular formula is C25H37NO9. The summed E-state index contributed by atoms with van der Waals surface area (Å²) in [5.74, 6) is 0.241. The molecule has 1 aromatic carbocycles. The largest absolute Gasteiger partial charge is 0.497 e. The summed E-state index contributed by atoms with van der Waals surface area (Å²) in [5, 5.41) is 34.6. The molecule has 0 saturated carbocycles. The maximum atomic E-state index is 12.5. The molecule has 8 atom stereocenters. The van der Waals surface area contributed by atoms with Crippen LogP contribution in [0.1, 0.15) is 51.2 Å². The number of carbonyl (C=O) groups is 1. The topological polar surface area (TPSA) is 136 Å². The first-order valence-electron chi connectivity index (χ1n) is 12.2. The smallest absolute Gasteiger partial charge is 0.306 e. The first kappa shape index (κ1) is 26.3. The van der Waals surface area contributed by atoms with Crippen LogP contribution in [0.2, 0.25) is 0 Å². The van der Waals surface area contributed by atoms with Crippen molar-refractivity contribution in [1.29, 1.82) is 0 Å². The molecule has 0 aromatic heterocycles. The Kier molecular flexibility index (Phi) is 8.32. The molecule has 0 spiro atoms. The van der Waals surface area contributed by atoms with Gasteiger partial charge in [-0.25, -0.2) is 0 Å². The number of benzene rings is 1. The fourth-order valence-electron chi connectivity index (χ4n) is 4.85. The molecule has 3 saturated heterocycles. The van der Waals surface area contributed by atoms with E-state index in [1.54, 1.807) is 21.0 Å². The number of hydrogen-bond donors (Lipinski definition) is 4. The molecule has 3 aliphatic rings. The second-order valence-corrected chi connectivity index (χ2v) is 10.1. The summed E-state index contributed by atoms with van der Waals surface area (Å²) in [6.45, 7) is 3.81. The van der Waals surface area contributed by atoms with E-state index in [-0.39, 0.29) is 19.1 Å². The summed E-state index contributed by atoms with van der Waals surface area (Å²) >= 11 is 0. The number of ether oxygens (including phenoxy) is 5. The fourth-order valence-corrected chi connectivity index (χ4v) is 4.85. The third-order valence-corrected chi connectivity index (χ3v) is 6.78.